The molecule has 0 bridgehead atoms. The van der Waals surface area contributed by atoms with Crippen molar-refractivity contribution in [2.24, 2.45) is 0 Å². The van der Waals surface area contributed by atoms with E-state index < -0.39 is 10.0 Å². The molecule has 2 N–H and O–H groups in total. The maximum atomic E-state index is 12.1. The number of anilines is 1. The van der Waals surface area contributed by atoms with Crippen molar-refractivity contribution < 1.29 is 13.3 Å². The summed E-state index contributed by atoms with van der Waals surface area (Å²) in [5.41, 5.74) is 5.76. The lowest BCUT2D eigenvalue weighted by Gasteiger charge is -2.16. The molecule has 0 atom stereocenters. The van der Waals surface area contributed by atoms with Crippen LogP contribution in [-0.4, -0.2) is 26.0 Å². The summed E-state index contributed by atoms with van der Waals surface area (Å²) in [6.45, 7) is 0.719. The molecule has 1 fully saturated rings. The molecule has 1 aromatic carbocycles. The fourth-order valence-electron chi connectivity index (χ4n) is 1.51. The Morgan fingerprint density at radius 1 is 1.44 bits per heavy atom. The highest BCUT2D eigenvalue weighted by Gasteiger charge is 2.32. The van der Waals surface area contributed by atoms with Gasteiger partial charge >= 0.3 is 0 Å². The minimum atomic E-state index is -3.75. The fourth-order valence-corrected chi connectivity index (χ4v) is 3.45. The van der Waals surface area contributed by atoms with Crippen molar-refractivity contribution in [3.05, 3.63) is 23.2 Å². The van der Waals surface area contributed by atoms with Gasteiger partial charge in [-0.15, -0.1) is 0 Å². The van der Waals surface area contributed by atoms with Crippen LogP contribution in [-0.2, 0) is 14.9 Å². The van der Waals surface area contributed by atoms with E-state index in [1.807, 2.05) is 0 Å². The first-order valence-electron chi connectivity index (χ1n) is 4.73. The van der Waals surface area contributed by atoms with Crippen molar-refractivity contribution in [2.45, 2.75) is 11.3 Å². The minimum Gasteiger partial charge on any atom is -0.398 e. The van der Waals surface area contributed by atoms with Crippen LogP contribution in [0.3, 0.4) is 0 Å². The second kappa shape index (κ2) is 4.21. The van der Waals surface area contributed by atoms with Crippen LogP contribution in [0.15, 0.2) is 23.1 Å². The molecule has 1 aliphatic heterocycles. The van der Waals surface area contributed by atoms with Gasteiger partial charge in [-0.3, -0.25) is 4.84 Å². The van der Waals surface area contributed by atoms with Crippen LogP contribution in [0.25, 0.3) is 0 Å². The molecule has 1 aromatic rings. The number of hydroxylamine groups is 1. The third-order valence-corrected chi connectivity index (χ3v) is 4.47. The minimum absolute atomic E-state index is 0.0847. The van der Waals surface area contributed by atoms with Crippen LogP contribution >= 0.6 is 11.6 Å². The van der Waals surface area contributed by atoms with Gasteiger partial charge in [0, 0.05) is 6.54 Å². The number of halogens is 1. The molecular formula is C9H11ClN2O3S. The lowest BCUT2D eigenvalue weighted by Crippen LogP contribution is -2.27. The topological polar surface area (TPSA) is 72.6 Å². The predicted molar refractivity (Wildman–Crippen MR) is 60.3 cm³/mol. The molecule has 0 amide bonds. The van der Waals surface area contributed by atoms with Crippen molar-refractivity contribution in [1.82, 2.24) is 4.47 Å². The number of nitrogens with two attached hydrogens (primary N) is 1. The van der Waals surface area contributed by atoms with Crippen molar-refractivity contribution in [3.63, 3.8) is 0 Å². The van der Waals surface area contributed by atoms with Gasteiger partial charge in [0.25, 0.3) is 10.0 Å². The molecule has 1 saturated heterocycles. The van der Waals surface area contributed by atoms with Crippen molar-refractivity contribution in [2.75, 3.05) is 18.9 Å². The first kappa shape index (κ1) is 11.7. The van der Waals surface area contributed by atoms with Gasteiger partial charge in [-0.05, 0) is 18.6 Å². The first-order valence-corrected chi connectivity index (χ1v) is 6.55. The molecule has 0 aliphatic carbocycles. The average Bonchev–Trinajstić information content (AvgIpc) is 2.69. The summed E-state index contributed by atoms with van der Waals surface area (Å²) in [5.74, 6) is 0. The highest BCUT2D eigenvalue weighted by molar-refractivity contribution is 7.89. The van der Waals surface area contributed by atoms with Crippen LogP contribution < -0.4 is 5.73 Å². The Morgan fingerprint density at radius 2 is 2.19 bits per heavy atom. The summed E-state index contributed by atoms with van der Waals surface area (Å²) in [4.78, 5) is 4.93. The van der Waals surface area contributed by atoms with E-state index in [0.29, 0.717) is 19.6 Å². The molecule has 0 unspecified atom stereocenters. The van der Waals surface area contributed by atoms with Gasteiger partial charge in [0.1, 0.15) is 4.90 Å². The lowest BCUT2D eigenvalue weighted by atomic mass is 10.3. The van der Waals surface area contributed by atoms with Gasteiger partial charge in [-0.2, -0.15) is 0 Å². The summed E-state index contributed by atoms with van der Waals surface area (Å²) < 4.78 is 25.2. The number of hydrogen-bond donors (Lipinski definition) is 1. The monoisotopic (exact) mass is 262 g/mol. The van der Waals surface area contributed by atoms with Gasteiger partial charge in [0.2, 0.25) is 0 Å². The molecule has 16 heavy (non-hydrogen) atoms. The van der Waals surface area contributed by atoms with Gasteiger partial charge in [0.05, 0.1) is 17.3 Å². The molecule has 5 nitrogen and oxygen atoms in total. The number of rotatable bonds is 2. The molecule has 7 heteroatoms. The van der Waals surface area contributed by atoms with E-state index >= 15 is 0 Å². The molecule has 0 radical (unpaired) electrons. The first-order chi connectivity index (χ1) is 7.53. The number of nitrogens with zero attached hydrogens (tertiary/aromatic N) is 1. The Balaban J connectivity index is 2.50. The normalized spacial score (nSPS) is 17.8. The fraction of sp³-hybridized carbons (Fsp3) is 0.333. The zero-order valence-electron chi connectivity index (χ0n) is 8.39. The number of benzene rings is 1. The third kappa shape index (κ3) is 1.89. The van der Waals surface area contributed by atoms with Gasteiger partial charge < -0.3 is 5.73 Å². The quantitative estimate of drug-likeness (QED) is 0.814. The van der Waals surface area contributed by atoms with Crippen LogP contribution in [0.1, 0.15) is 6.42 Å². The summed E-state index contributed by atoms with van der Waals surface area (Å²) in [5, 5.41) is 0.107. The van der Waals surface area contributed by atoms with Crippen LogP contribution in [0.2, 0.25) is 5.02 Å². The Morgan fingerprint density at radius 3 is 2.75 bits per heavy atom. The van der Waals surface area contributed by atoms with Gasteiger partial charge in [-0.1, -0.05) is 22.1 Å². The summed E-state index contributed by atoms with van der Waals surface area (Å²) in [7, 11) is -3.75. The maximum Gasteiger partial charge on any atom is 0.268 e. The van der Waals surface area contributed by atoms with Gasteiger partial charge in [-0.25, -0.2) is 8.42 Å². The Labute approximate surface area is 98.8 Å². The van der Waals surface area contributed by atoms with E-state index in [2.05, 4.69) is 0 Å². The second-order valence-electron chi connectivity index (χ2n) is 3.38. The Hall–Kier alpha value is -0.820. The van der Waals surface area contributed by atoms with E-state index in [1.165, 1.54) is 12.1 Å². The zero-order valence-corrected chi connectivity index (χ0v) is 9.96. The smallest absolute Gasteiger partial charge is 0.268 e. The molecule has 0 saturated carbocycles. The van der Waals surface area contributed by atoms with Crippen LogP contribution in [0.4, 0.5) is 5.69 Å². The lowest BCUT2D eigenvalue weighted by molar-refractivity contribution is -0.0284. The van der Waals surface area contributed by atoms with E-state index in [1.54, 1.807) is 6.07 Å². The van der Waals surface area contributed by atoms with E-state index in [-0.39, 0.29) is 15.6 Å². The highest BCUT2D eigenvalue weighted by Crippen LogP contribution is 2.31. The Bertz CT molecular complexity index is 477. The number of nitrogen functional groups attached to an aromatic ring is 1. The average molecular weight is 263 g/mol. The van der Waals surface area contributed by atoms with E-state index in [9.17, 15) is 8.42 Å². The molecule has 88 valence electrons. The van der Waals surface area contributed by atoms with Gasteiger partial charge in [0.15, 0.2) is 0 Å². The number of sulfonamides is 1. The Kier molecular flexibility index (Phi) is 3.07. The second-order valence-corrected chi connectivity index (χ2v) is 5.55. The molecule has 1 aliphatic rings. The molecule has 0 spiro atoms. The summed E-state index contributed by atoms with van der Waals surface area (Å²) in [6.07, 6.45) is 0.670. The molecule has 1 heterocycles. The summed E-state index contributed by atoms with van der Waals surface area (Å²) >= 11 is 5.85. The van der Waals surface area contributed by atoms with E-state index in [0.717, 1.165) is 4.47 Å². The zero-order chi connectivity index (χ0) is 11.8. The highest BCUT2D eigenvalue weighted by atomic mass is 35.5. The van der Waals surface area contributed by atoms with Crippen molar-refractivity contribution in [1.29, 1.82) is 0 Å². The standard InChI is InChI=1S/C9H11ClN2O3S/c10-7-3-1-4-8(11)9(7)16(13,14)12-5-2-6-15-12/h1,3-4H,2,5-6,11H2. The maximum absolute atomic E-state index is 12.1. The SMILES string of the molecule is Nc1cccc(Cl)c1S(=O)(=O)N1CCCO1. The molecule has 2 rings (SSSR count). The van der Waals surface area contributed by atoms with Crippen molar-refractivity contribution in [3.8, 4) is 0 Å². The molecular weight excluding hydrogens is 252 g/mol. The predicted octanol–water partition coefficient (Wildman–Crippen LogP) is 1.25. The van der Waals surface area contributed by atoms with Crippen LogP contribution in [0.5, 0.6) is 0 Å². The third-order valence-electron chi connectivity index (χ3n) is 2.24. The van der Waals surface area contributed by atoms with Crippen molar-refractivity contribution >= 4 is 27.3 Å². The molecule has 0 aromatic heterocycles. The van der Waals surface area contributed by atoms with E-state index in [4.69, 9.17) is 22.2 Å². The van der Waals surface area contributed by atoms with Crippen LogP contribution in [0, 0.1) is 0 Å². The summed E-state index contributed by atoms with van der Waals surface area (Å²) in [6, 6.07) is 4.58. The number of hydrogen-bond acceptors (Lipinski definition) is 4. The largest absolute Gasteiger partial charge is 0.398 e.